The molecule has 5 nitrogen and oxygen atoms in total. The number of hydrogen-bond acceptors (Lipinski definition) is 3. The van der Waals surface area contributed by atoms with E-state index in [1.165, 1.54) is 24.3 Å². The zero-order valence-corrected chi connectivity index (χ0v) is 12.1. The van der Waals surface area contributed by atoms with E-state index in [-0.39, 0.29) is 21.9 Å². The normalized spacial score (nSPS) is 10.0. The number of phenols is 1. The van der Waals surface area contributed by atoms with Crippen LogP contribution < -0.4 is 10.9 Å². The topological polar surface area (TPSA) is 78.4 Å². The van der Waals surface area contributed by atoms with Crippen LogP contribution in [-0.2, 0) is 0 Å². The Hall–Kier alpha value is -2.24. The van der Waals surface area contributed by atoms with Gasteiger partial charge < -0.3 is 5.11 Å². The minimum Gasteiger partial charge on any atom is -0.507 e. The van der Waals surface area contributed by atoms with Crippen LogP contribution in [-0.4, -0.2) is 16.9 Å². The molecule has 0 saturated heterocycles. The molecule has 0 saturated carbocycles. The van der Waals surface area contributed by atoms with Crippen molar-refractivity contribution in [2.45, 2.75) is 0 Å². The smallest absolute Gasteiger partial charge is 0.273 e. The number of rotatable bonds is 2. The van der Waals surface area contributed by atoms with Gasteiger partial charge in [0.15, 0.2) is 0 Å². The Kier molecular flexibility index (Phi) is 4.67. The van der Waals surface area contributed by atoms with Gasteiger partial charge in [0.25, 0.3) is 11.8 Å². The first-order valence-electron chi connectivity index (χ1n) is 5.83. The van der Waals surface area contributed by atoms with Crippen molar-refractivity contribution in [1.29, 1.82) is 0 Å². The monoisotopic (exact) mass is 324 g/mol. The number of phenolic OH excluding ortho intramolecular Hbond substituents is 1. The van der Waals surface area contributed by atoms with Gasteiger partial charge in [-0.25, -0.2) is 0 Å². The number of hydrogen-bond donors (Lipinski definition) is 3. The van der Waals surface area contributed by atoms with Gasteiger partial charge in [0.2, 0.25) is 0 Å². The van der Waals surface area contributed by atoms with Crippen molar-refractivity contribution in [2.75, 3.05) is 0 Å². The maximum absolute atomic E-state index is 11.9. The lowest BCUT2D eigenvalue weighted by atomic mass is 10.2. The third-order valence-corrected chi connectivity index (χ3v) is 3.18. The van der Waals surface area contributed by atoms with Gasteiger partial charge in [-0.3, -0.25) is 20.4 Å². The summed E-state index contributed by atoms with van der Waals surface area (Å²) in [5.74, 6) is -1.46. The van der Waals surface area contributed by atoms with Crippen molar-refractivity contribution in [3.63, 3.8) is 0 Å². The van der Waals surface area contributed by atoms with Crippen LogP contribution in [0, 0.1) is 0 Å². The Morgan fingerprint density at radius 2 is 1.52 bits per heavy atom. The van der Waals surface area contributed by atoms with E-state index in [0.717, 1.165) is 0 Å². The van der Waals surface area contributed by atoms with Crippen molar-refractivity contribution in [3.8, 4) is 5.75 Å². The zero-order valence-electron chi connectivity index (χ0n) is 10.6. The Morgan fingerprint density at radius 3 is 2.19 bits per heavy atom. The van der Waals surface area contributed by atoms with E-state index in [2.05, 4.69) is 10.9 Å². The summed E-state index contributed by atoms with van der Waals surface area (Å²) in [6, 6.07) is 10.4. The fraction of sp³-hybridized carbons (Fsp3) is 0. The summed E-state index contributed by atoms with van der Waals surface area (Å²) in [7, 11) is 0. The predicted molar refractivity (Wildman–Crippen MR) is 79.5 cm³/mol. The number of hydrazine groups is 1. The van der Waals surface area contributed by atoms with Gasteiger partial charge in [0.05, 0.1) is 16.1 Å². The van der Waals surface area contributed by atoms with Gasteiger partial charge in [0.1, 0.15) is 5.75 Å². The highest BCUT2D eigenvalue weighted by Crippen LogP contribution is 2.20. The predicted octanol–water partition coefficient (Wildman–Crippen LogP) is 2.77. The number of halogens is 2. The Morgan fingerprint density at radius 1 is 0.905 bits per heavy atom. The minimum absolute atomic E-state index is 0.0370. The number of benzene rings is 2. The third-order valence-electron chi connectivity index (χ3n) is 2.61. The minimum atomic E-state index is -0.653. The summed E-state index contributed by atoms with van der Waals surface area (Å²) in [5, 5.41) is 10.1. The third kappa shape index (κ3) is 3.65. The average molecular weight is 325 g/mol. The molecule has 108 valence electrons. The van der Waals surface area contributed by atoms with Crippen molar-refractivity contribution in [2.24, 2.45) is 0 Å². The van der Waals surface area contributed by atoms with Crippen LogP contribution in [0.3, 0.4) is 0 Å². The van der Waals surface area contributed by atoms with Crippen molar-refractivity contribution in [1.82, 2.24) is 10.9 Å². The Bertz CT molecular complexity index is 704. The van der Waals surface area contributed by atoms with Crippen LogP contribution >= 0.6 is 23.2 Å². The number of nitrogens with one attached hydrogen (secondary N) is 2. The molecule has 21 heavy (non-hydrogen) atoms. The number of carbonyl (C=O) groups excluding carboxylic acids is 2. The van der Waals surface area contributed by atoms with Gasteiger partial charge in [0, 0.05) is 5.02 Å². The molecular weight excluding hydrogens is 315 g/mol. The van der Waals surface area contributed by atoms with Crippen LogP contribution in [0.25, 0.3) is 0 Å². The molecule has 2 aromatic rings. The summed E-state index contributed by atoms with van der Waals surface area (Å²) in [6.45, 7) is 0. The molecule has 0 aromatic heterocycles. The zero-order chi connectivity index (χ0) is 15.4. The first kappa shape index (κ1) is 15.2. The van der Waals surface area contributed by atoms with E-state index in [1.807, 2.05) is 0 Å². The van der Waals surface area contributed by atoms with Crippen molar-refractivity contribution in [3.05, 3.63) is 63.6 Å². The molecule has 0 aliphatic heterocycles. The number of aromatic hydroxyl groups is 1. The van der Waals surface area contributed by atoms with E-state index in [0.29, 0.717) is 5.02 Å². The van der Waals surface area contributed by atoms with Crippen LogP contribution in [0.5, 0.6) is 5.75 Å². The van der Waals surface area contributed by atoms with Crippen molar-refractivity contribution < 1.29 is 14.7 Å². The number of para-hydroxylation sites is 1. The molecule has 2 amide bonds. The molecule has 3 N–H and O–H groups in total. The lowest BCUT2D eigenvalue weighted by molar-refractivity contribution is 0.0845. The average Bonchev–Trinajstić information content (AvgIpc) is 2.47. The van der Waals surface area contributed by atoms with Crippen LogP contribution in [0.15, 0.2) is 42.5 Å². The summed E-state index contributed by atoms with van der Waals surface area (Å²) in [4.78, 5) is 23.7. The molecule has 0 aliphatic carbocycles. The van der Waals surface area contributed by atoms with Crippen LogP contribution in [0.1, 0.15) is 20.7 Å². The molecule has 0 bridgehead atoms. The standard InChI is InChI=1S/C14H10Cl2N2O3/c15-8-5-6-11(16)10(7-8)14(21)18-17-13(20)9-3-1-2-4-12(9)19/h1-7,19H,(H,17,20)(H,18,21). The maximum Gasteiger partial charge on any atom is 0.273 e. The van der Waals surface area contributed by atoms with E-state index in [1.54, 1.807) is 18.2 Å². The molecule has 0 aliphatic rings. The van der Waals surface area contributed by atoms with E-state index in [9.17, 15) is 14.7 Å². The molecule has 0 fully saturated rings. The molecule has 0 atom stereocenters. The van der Waals surface area contributed by atoms with Crippen molar-refractivity contribution >= 4 is 35.0 Å². The summed E-state index contributed by atoms with van der Waals surface area (Å²) < 4.78 is 0. The SMILES string of the molecule is O=C(NNC(=O)c1cc(Cl)ccc1Cl)c1ccccc1O. The first-order valence-corrected chi connectivity index (χ1v) is 6.58. The Balaban J connectivity index is 2.06. The summed E-state index contributed by atoms with van der Waals surface area (Å²) in [5.41, 5.74) is 4.55. The van der Waals surface area contributed by atoms with Gasteiger partial charge in [-0.2, -0.15) is 0 Å². The quantitative estimate of drug-likeness (QED) is 0.743. The molecule has 2 aromatic carbocycles. The molecule has 2 rings (SSSR count). The highest BCUT2D eigenvalue weighted by atomic mass is 35.5. The van der Waals surface area contributed by atoms with Gasteiger partial charge in [-0.1, -0.05) is 35.3 Å². The van der Waals surface area contributed by atoms with Gasteiger partial charge in [-0.05, 0) is 30.3 Å². The highest BCUT2D eigenvalue weighted by Gasteiger charge is 2.14. The highest BCUT2D eigenvalue weighted by molar-refractivity contribution is 6.35. The summed E-state index contributed by atoms with van der Waals surface area (Å²) >= 11 is 11.7. The maximum atomic E-state index is 11.9. The van der Waals surface area contributed by atoms with Crippen LogP contribution in [0.2, 0.25) is 10.0 Å². The second kappa shape index (κ2) is 6.47. The molecule has 0 radical (unpaired) electrons. The lowest BCUT2D eigenvalue weighted by Crippen LogP contribution is -2.41. The molecular formula is C14H10Cl2N2O3. The lowest BCUT2D eigenvalue weighted by Gasteiger charge is -2.09. The fourth-order valence-corrected chi connectivity index (χ4v) is 1.96. The molecule has 0 spiro atoms. The van der Waals surface area contributed by atoms with Gasteiger partial charge >= 0.3 is 0 Å². The largest absolute Gasteiger partial charge is 0.507 e. The molecule has 7 heteroatoms. The van der Waals surface area contributed by atoms with Gasteiger partial charge in [-0.15, -0.1) is 0 Å². The Labute approximate surface area is 130 Å². The van der Waals surface area contributed by atoms with E-state index in [4.69, 9.17) is 23.2 Å². The fourth-order valence-electron chi connectivity index (χ4n) is 1.59. The first-order chi connectivity index (χ1) is 9.99. The van der Waals surface area contributed by atoms with E-state index >= 15 is 0 Å². The second-order valence-corrected chi connectivity index (χ2v) is 4.89. The van der Waals surface area contributed by atoms with E-state index < -0.39 is 11.8 Å². The second-order valence-electron chi connectivity index (χ2n) is 4.05. The molecule has 0 heterocycles. The molecule has 0 unspecified atom stereocenters. The summed E-state index contributed by atoms with van der Waals surface area (Å²) in [6.07, 6.45) is 0. The number of amides is 2. The number of carbonyl (C=O) groups is 2. The van der Waals surface area contributed by atoms with Crippen LogP contribution in [0.4, 0.5) is 0 Å².